The summed E-state index contributed by atoms with van der Waals surface area (Å²) in [7, 11) is 0. The summed E-state index contributed by atoms with van der Waals surface area (Å²) in [6.07, 6.45) is 0.455. The van der Waals surface area contributed by atoms with Gasteiger partial charge in [0.05, 0.1) is 12.5 Å². The molecule has 7 heteroatoms. The molecule has 0 aliphatic heterocycles. The molecule has 0 aliphatic rings. The Labute approximate surface area is 127 Å². The molecule has 0 saturated carbocycles. The predicted octanol–water partition coefficient (Wildman–Crippen LogP) is 1.89. The van der Waals surface area contributed by atoms with Crippen LogP contribution in [-0.2, 0) is 0 Å². The second kappa shape index (κ2) is 8.95. The van der Waals surface area contributed by atoms with Crippen LogP contribution in [0.15, 0.2) is 0 Å². The number of aromatic nitrogens is 3. The molecule has 1 aromatic rings. The molecule has 0 spiro atoms. The van der Waals surface area contributed by atoms with Crippen LogP contribution < -0.4 is 15.1 Å². The van der Waals surface area contributed by atoms with E-state index in [1.54, 1.807) is 0 Å². The van der Waals surface area contributed by atoms with Crippen LogP contribution in [0.4, 0.5) is 17.8 Å². The lowest BCUT2D eigenvalue weighted by atomic mass is 10.4. The van der Waals surface area contributed by atoms with E-state index in [-0.39, 0.29) is 0 Å². The van der Waals surface area contributed by atoms with Gasteiger partial charge >= 0.3 is 0 Å². The lowest BCUT2D eigenvalue weighted by Gasteiger charge is -2.23. The van der Waals surface area contributed by atoms with Crippen LogP contribution in [0.1, 0.15) is 34.1 Å². The lowest BCUT2D eigenvalue weighted by molar-refractivity contribution is 0.763. The molecule has 21 heavy (non-hydrogen) atoms. The Bertz CT molecular complexity index is 465. The van der Waals surface area contributed by atoms with Crippen molar-refractivity contribution in [3.05, 3.63) is 0 Å². The molecule has 116 valence electrons. The highest BCUT2D eigenvalue weighted by atomic mass is 15.4. The minimum absolute atomic E-state index is 0.455. The van der Waals surface area contributed by atoms with Crippen LogP contribution in [0, 0.1) is 11.3 Å². The molecule has 0 saturated heterocycles. The van der Waals surface area contributed by atoms with Gasteiger partial charge in [0.1, 0.15) is 0 Å². The Hall–Kier alpha value is -2.10. The molecular formula is C14H25N7. The first-order valence-electron chi connectivity index (χ1n) is 7.56. The normalized spacial score (nSPS) is 10.0. The lowest BCUT2D eigenvalue weighted by Crippen LogP contribution is -2.29. The highest BCUT2D eigenvalue weighted by molar-refractivity contribution is 5.45. The predicted molar refractivity (Wildman–Crippen MR) is 85.7 cm³/mol. The third-order valence-corrected chi connectivity index (χ3v) is 3.15. The van der Waals surface area contributed by atoms with Crippen molar-refractivity contribution < 1.29 is 0 Å². The molecule has 0 amide bonds. The summed E-state index contributed by atoms with van der Waals surface area (Å²) in [5, 5.41) is 11.9. The molecule has 1 aromatic heterocycles. The molecule has 0 aliphatic carbocycles. The van der Waals surface area contributed by atoms with Gasteiger partial charge in [0.2, 0.25) is 17.8 Å². The van der Waals surface area contributed by atoms with Crippen molar-refractivity contribution >= 4 is 17.8 Å². The van der Waals surface area contributed by atoms with E-state index < -0.39 is 0 Å². The minimum atomic E-state index is 0.455. The molecule has 0 radical (unpaired) electrons. The summed E-state index contributed by atoms with van der Waals surface area (Å²) in [5.74, 6) is 1.89. The Kier molecular flexibility index (Phi) is 7.23. The van der Waals surface area contributed by atoms with Gasteiger partial charge in [-0.15, -0.1) is 0 Å². The van der Waals surface area contributed by atoms with E-state index in [4.69, 9.17) is 5.26 Å². The number of nitrogens with zero attached hydrogens (tertiary/aromatic N) is 6. The fraction of sp³-hybridized carbons (Fsp3) is 0.714. The van der Waals surface area contributed by atoms with Crippen LogP contribution in [-0.4, -0.2) is 47.7 Å². The van der Waals surface area contributed by atoms with Gasteiger partial charge in [0.25, 0.3) is 0 Å². The van der Waals surface area contributed by atoms with E-state index in [1.165, 1.54) is 0 Å². The highest BCUT2D eigenvalue weighted by Crippen LogP contribution is 2.16. The first kappa shape index (κ1) is 17.0. The molecule has 0 atom stereocenters. The third-order valence-electron chi connectivity index (χ3n) is 3.15. The van der Waals surface area contributed by atoms with Crippen LogP contribution >= 0.6 is 0 Å². The van der Waals surface area contributed by atoms with Crippen molar-refractivity contribution in [3.8, 4) is 6.07 Å². The first-order chi connectivity index (χ1) is 10.2. The maximum absolute atomic E-state index is 8.76. The van der Waals surface area contributed by atoms with E-state index in [1.807, 2.05) is 18.7 Å². The second-order valence-electron chi connectivity index (χ2n) is 4.45. The SMILES string of the molecule is CCNc1nc(N(CC)CC)nc(N(CC)CCC#N)n1. The van der Waals surface area contributed by atoms with Gasteiger partial charge in [0.15, 0.2) is 0 Å². The van der Waals surface area contributed by atoms with Gasteiger partial charge in [-0.1, -0.05) is 0 Å². The summed E-state index contributed by atoms with van der Waals surface area (Å²) in [6, 6.07) is 2.16. The van der Waals surface area contributed by atoms with Crippen molar-refractivity contribution in [1.82, 2.24) is 15.0 Å². The molecule has 1 rings (SSSR count). The number of nitriles is 1. The molecule has 0 aromatic carbocycles. The number of nitrogens with one attached hydrogen (secondary N) is 1. The monoisotopic (exact) mass is 291 g/mol. The van der Waals surface area contributed by atoms with E-state index in [2.05, 4.69) is 45.1 Å². The van der Waals surface area contributed by atoms with Crippen molar-refractivity contribution in [1.29, 1.82) is 5.26 Å². The quantitative estimate of drug-likeness (QED) is 0.744. The molecule has 1 heterocycles. The van der Waals surface area contributed by atoms with Crippen molar-refractivity contribution in [3.63, 3.8) is 0 Å². The zero-order valence-corrected chi connectivity index (χ0v) is 13.4. The van der Waals surface area contributed by atoms with E-state index in [9.17, 15) is 0 Å². The molecule has 7 nitrogen and oxygen atoms in total. The van der Waals surface area contributed by atoms with Crippen molar-refractivity contribution in [2.45, 2.75) is 34.1 Å². The fourth-order valence-corrected chi connectivity index (χ4v) is 1.96. The summed E-state index contributed by atoms with van der Waals surface area (Å²) in [4.78, 5) is 17.6. The summed E-state index contributed by atoms with van der Waals surface area (Å²) < 4.78 is 0. The fourth-order valence-electron chi connectivity index (χ4n) is 1.96. The summed E-state index contributed by atoms with van der Waals surface area (Å²) in [5.41, 5.74) is 0. The Balaban J connectivity index is 3.13. The third kappa shape index (κ3) is 4.74. The van der Waals surface area contributed by atoms with Crippen LogP contribution in [0.25, 0.3) is 0 Å². The van der Waals surface area contributed by atoms with Gasteiger partial charge in [-0.2, -0.15) is 20.2 Å². The van der Waals surface area contributed by atoms with Crippen molar-refractivity contribution in [2.24, 2.45) is 0 Å². The van der Waals surface area contributed by atoms with Crippen LogP contribution in [0.3, 0.4) is 0 Å². The first-order valence-corrected chi connectivity index (χ1v) is 7.56. The average Bonchev–Trinajstić information content (AvgIpc) is 2.49. The standard InChI is InChI=1S/C14H25N7/c1-5-16-12-17-13(20(6-2)7-3)19-14(18-12)21(8-4)11-9-10-15/h5-9,11H2,1-4H3,(H,16,17,18,19). The van der Waals surface area contributed by atoms with Gasteiger partial charge < -0.3 is 15.1 Å². The van der Waals surface area contributed by atoms with E-state index in [0.29, 0.717) is 30.8 Å². The van der Waals surface area contributed by atoms with E-state index in [0.717, 1.165) is 26.2 Å². The van der Waals surface area contributed by atoms with Gasteiger partial charge in [-0.05, 0) is 27.7 Å². The Morgan fingerprint density at radius 1 is 0.952 bits per heavy atom. The zero-order chi connectivity index (χ0) is 15.7. The van der Waals surface area contributed by atoms with Crippen molar-refractivity contribution in [2.75, 3.05) is 47.8 Å². The van der Waals surface area contributed by atoms with Gasteiger partial charge in [0, 0.05) is 32.7 Å². The molecule has 0 unspecified atom stereocenters. The molecule has 0 fully saturated rings. The second-order valence-corrected chi connectivity index (χ2v) is 4.45. The molecular weight excluding hydrogens is 266 g/mol. The highest BCUT2D eigenvalue weighted by Gasteiger charge is 2.14. The molecule has 0 bridgehead atoms. The maximum Gasteiger partial charge on any atom is 0.231 e. The number of hydrogen-bond donors (Lipinski definition) is 1. The van der Waals surface area contributed by atoms with Crippen LogP contribution in [0.5, 0.6) is 0 Å². The zero-order valence-electron chi connectivity index (χ0n) is 13.4. The van der Waals surface area contributed by atoms with Gasteiger partial charge in [-0.3, -0.25) is 0 Å². The maximum atomic E-state index is 8.76. The smallest absolute Gasteiger partial charge is 0.231 e. The van der Waals surface area contributed by atoms with Crippen LogP contribution in [0.2, 0.25) is 0 Å². The Morgan fingerprint density at radius 2 is 1.52 bits per heavy atom. The Morgan fingerprint density at radius 3 is 2.00 bits per heavy atom. The largest absolute Gasteiger partial charge is 0.354 e. The van der Waals surface area contributed by atoms with Gasteiger partial charge in [-0.25, -0.2) is 0 Å². The topological polar surface area (TPSA) is 81.0 Å². The number of hydrogen-bond acceptors (Lipinski definition) is 7. The number of anilines is 3. The van der Waals surface area contributed by atoms with E-state index >= 15 is 0 Å². The molecule has 1 N–H and O–H groups in total. The minimum Gasteiger partial charge on any atom is -0.354 e. The summed E-state index contributed by atoms with van der Waals surface area (Å²) in [6.45, 7) is 12.0. The average molecular weight is 291 g/mol. The number of rotatable bonds is 9. The summed E-state index contributed by atoms with van der Waals surface area (Å²) >= 11 is 0.